The van der Waals surface area contributed by atoms with Crippen molar-refractivity contribution < 1.29 is 0 Å². The molecule has 0 atom stereocenters. The van der Waals surface area contributed by atoms with E-state index in [0.29, 0.717) is 0 Å². The highest BCUT2D eigenvalue weighted by molar-refractivity contribution is 5.48. The summed E-state index contributed by atoms with van der Waals surface area (Å²) in [6.45, 7) is 18.7. The molecule has 2 aromatic carbocycles. The van der Waals surface area contributed by atoms with Crippen molar-refractivity contribution in [1.82, 2.24) is 0 Å². The average Bonchev–Trinajstić information content (AvgIpc) is 2.53. The van der Waals surface area contributed by atoms with E-state index in [0.717, 1.165) is 12.1 Å². The van der Waals surface area contributed by atoms with Crippen molar-refractivity contribution in [2.45, 2.75) is 78.1 Å². The normalized spacial score (nSPS) is 13.1. The molecule has 0 radical (unpaired) electrons. The van der Waals surface area contributed by atoms with E-state index in [1.165, 1.54) is 22.3 Å². The van der Waals surface area contributed by atoms with Crippen LogP contribution in [0.1, 0.15) is 77.6 Å². The summed E-state index contributed by atoms with van der Waals surface area (Å²) >= 11 is 0. The Bertz CT molecular complexity index is 728. The number of rotatable bonds is 4. The van der Waals surface area contributed by atoms with Crippen molar-refractivity contribution in [3.8, 4) is 0 Å². The van der Waals surface area contributed by atoms with E-state index in [1.54, 1.807) is 0 Å². The molecule has 1 heteroatoms. The van der Waals surface area contributed by atoms with E-state index >= 15 is 0 Å². The summed E-state index contributed by atoms with van der Waals surface area (Å²) in [7, 11) is 0. The lowest BCUT2D eigenvalue weighted by molar-refractivity contribution is 0.300. The number of hydrogen-bond donors (Lipinski definition) is 1. The number of benzene rings is 2. The maximum absolute atomic E-state index is 5.90. The smallest absolute Gasteiger partial charge is 0.0314 e. The molecule has 0 aliphatic heterocycles. The topological polar surface area (TPSA) is 26.0 Å². The van der Waals surface area contributed by atoms with Crippen molar-refractivity contribution in [1.29, 1.82) is 0 Å². The van der Waals surface area contributed by atoms with E-state index in [-0.39, 0.29) is 16.2 Å². The lowest BCUT2D eigenvalue weighted by Crippen LogP contribution is -2.41. The molecule has 2 N–H and O–H groups in total. The summed E-state index contributed by atoms with van der Waals surface area (Å²) in [5, 5.41) is 0. The van der Waals surface area contributed by atoms with E-state index < -0.39 is 0 Å². The highest BCUT2D eigenvalue weighted by atomic mass is 14.5. The molecular weight excluding hydrogens is 302 g/mol. The predicted octanol–water partition coefficient (Wildman–Crippen LogP) is 6.38. The van der Waals surface area contributed by atoms with Gasteiger partial charge in [-0.15, -0.1) is 0 Å². The fourth-order valence-electron chi connectivity index (χ4n) is 3.85. The highest BCUT2D eigenvalue weighted by Crippen LogP contribution is 2.46. The van der Waals surface area contributed by atoms with Gasteiger partial charge in [0.1, 0.15) is 0 Å². The van der Waals surface area contributed by atoms with Crippen molar-refractivity contribution in [3.63, 3.8) is 0 Å². The Hall–Kier alpha value is -1.76. The van der Waals surface area contributed by atoms with Gasteiger partial charge in [-0.2, -0.15) is 0 Å². The minimum atomic E-state index is -0.0128. The van der Waals surface area contributed by atoms with Gasteiger partial charge in [-0.3, -0.25) is 0 Å². The van der Waals surface area contributed by atoms with Gasteiger partial charge in [-0.25, -0.2) is 0 Å². The van der Waals surface area contributed by atoms with Gasteiger partial charge in [0.05, 0.1) is 0 Å². The second kappa shape index (κ2) is 6.52. The van der Waals surface area contributed by atoms with E-state index in [2.05, 4.69) is 85.7 Å². The summed E-state index contributed by atoms with van der Waals surface area (Å²) < 4.78 is 0. The second-order valence-corrected chi connectivity index (χ2v) is 9.31. The molecule has 1 nitrogen and oxygen atoms in total. The number of hydrogen-bond acceptors (Lipinski definition) is 1. The Morgan fingerprint density at radius 1 is 0.720 bits per heavy atom. The van der Waals surface area contributed by atoms with Gasteiger partial charge in [0.15, 0.2) is 0 Å². The monoisotopic (exact) mass is 337 g/mol. The summed E-state index contributed by atoms with van der Waals surface area (Å²) in [6, 6.07) is 15.2. The molecule has 0 fully saturated rings. The number of nitrogen functional groups attached to an aromatic ring is 1. The zero-order valence-corrected chi connectivity index (χ0v) is 17.3. The molecule has 0 amide bonds. The van der Waals surface area contributed by atoms with Gasteiger partial charge in [0.2, 0.25) is 0 Å². The fourth-order valence-corrected chi connectivity index (χ4v) is 3.85. The van der Waals surface area contributed by atoms with Crippen LogP contribution < -0.4 is 5.73 Å². The lowest BCUT2D eigenvalue weighted by Gasteiger charge is -2.44. The highest BCUT2D eigenvalue weighted by Gasteiger charge is 2.41. The summed E-state index contributed by atoms with van der Waals surface area (Å²) in [6.07, 6.45) is 1.06. The quantitative estimate of drug-likeness (QED) is 0.643. The average molecular weight is 338 g/mol. The van der Waals surface area contributed by atoms with Crippen LogP contribution in [0.15, 0.2) is 42.5 Å². The summed E-state index contributed by atoms with van der Waals surface area (Å²) in [4.78, 5) is 0. The van der Waals surface area contributed by atoms with Gasteiger partial charge in [0.25, 0.3) is 0 Å². The lowest BCUT2D eigenvalue weighted by atomic mass is 9.59. The summed E-state index contributed by atoms with van der Waals surface area (Å²) in [5.74, 6) is 0. The minimum absolute atomic E-state index is 0.00425. The molecule has 25 heavy (non-hydrogen) atoms. The third kappa shape index (κ3) is 3.47. The standard InChI is InChI=1S/C24H35N/c1-9-19-20(22(2,3)4)11-10-12-21(19)24(7,8)23(5,6)17-13-15-18(25)16-14-17/h10-16H,9,25H2,1-8H3. The first-order chi connectivity index (χ1) is 11.4. The Labute approximate surface area is 154 Å². The molecule has 0 saturated heterocycles. The van der Waals surface area contributed by atoms with Crippen LogP contribution >= 0.6 is 0 Å². The van der Waals surface area contributed by atoms with Gasteiger partial charge < -0.3 is 5.73 Å². The van der Waals surface area contributed by atoms with E-state index in [4.69, 9.17) is 5.73 Å². The van der Waals surface area contributed by atoms with Gasteiger partial charge >= 0.3 is 0 Å². The third-order valence-electron chi connectivity index (χ3n) is 6.21. The first-order valence-electron chi connectivity index (χ1n) is 9.41. The van der Waals surface area contributed by atoms with Crippen molar-refractivity contribution in [2.75, 3.05) is 5.73 Å². The molecule has 2 rings (SSSR count). The minimum Gasteiger partial charge on any atom is -0.399 e. The van der Waals surface area contributed by atoms with E-state index in [1.807, 2.05) is 12.1 Å². The Balaban J connectivity index is 2.64. The molecule has 0 heterocycles. The Kier molecular flexibility index (Phi) is 5.10. The van der Waals surface area contributed by atoms with Crippen LogP contribution in [-0.2, 0) is 22.7 Å². The number of anilines is 1. The zero-order chi connectivity index (χ0) is 19.0. The SMILES string of the molecule is CCc1c(C(C)(C)C)cccc1C(C)(C)C(C)(C)c1ccc(N)cc1. The zero-order valence-electron chi connectivity index (χ0n) is 17.3. The Morgan fingerprint density at radius 2 is 1.24 bits per heavy atom. The molecule has 136 valence electrons. The van der Waals surface area contributed by atoms with Crippen molar-refractivity contribution >= 4 is 5.69 Å². The summed E-state index contributed by atoms with van der Waals surface area (Å²) in [5.41, 5.74) is 12.6. The molecule has 0 saturated carbocycles. The molecule has 0 aromatic heterocycles. The molecular formula is C24H35N. The second-order valence-electron chi connectivity index (χ2n) is 9.31. The van der Waals surface area contributed by atoms with Crippen LogP contribution in [0.2, 0.25) is 0 Å². The van der Waals surface area contributed by atoms with Gasteiger partial charge in [-0.1, -0.05) is 85.7 Å². The molecule has 0 unspecified atom stereocenters. The maximum atomic E-state index is 5.90. The van der Waals surface area contributed by atoms with Crippen molar-refractivity contribution in [2.24, 2.45) is 0 Å². The largest absolute Gasteiger partial charge is 0.399 e. The first kappa shape index (κ1) is 19.6. The van der Waals surface area contributed by atoms with Crippen LogP contribution in [0.5, 0.6) is 0 Å². The number of nitrogens with two attached hydrogens (primary N) is 1. The first-order valence-corrected chi connectivity index (χ1v) is 9.41. The molecule has 0 aliphatic rings. The Morgan fingerprint density at radius 3 is 1.72 bits per heavy atom. The molecule has 0 spiro atoms. The van der Waals surface area contributed by atoms with Gasteiger partial charge in [-0.05, 0) is 57.1 Å². The third-order valence-corrected chi connectivity index (χ3v) is 6.21. The van der Waals surface area contributed by atoms with Crippen LogP contribution in [-0.4, -0.2) is 0 Å². The van der Waals surface area contributed by atoms with E-state index in [9.17, 15) is 0 Å². The van der Waals surface area contributed by atoms with Crippen molar-refractivity contribution in [3.05, 3.63) is 64.7 Å². The van der Waals surface area contributed by atoms with Gasteiger partial charge in [0, 0.05) is 5.69 Å². The van der Waals surface area contributed by atoms with Crippen LogP contribution in [0.25, 0.3) is 0 Å². The maximum Gasteiger partial charge on any atom is 0.0314 e. The van der Waals surface area contributed by atoms with Crippen LogP contribution in [0.3, 0.4) is 0 Å². The molecule has 0 bridgehead atoms. The van der Waals surface area contributed by atoms with Crippen LogP contribution in [0.4, 0.5) is 5.69 Å². The van der Waals surface area contributed by atoms with Crippen LogP contribution in [0, 0.1) is 0 Å². The fraction of sp³-hybridized carbons (Fsp3) is 0.500. The predicted molar refractivity (Wildman–Crippen MR) is 111 cm³/mol. The molecule has 2 aromatic rings. The molecule has 0 aliphatic carbocycles.